The zero-order chi connectivity index (χ0) is 26.3. The number of hydrogen-bond acceptors (Lipinski definition) is 6. The van der Waals surface area contributed by atoms with Crippen molar-refractivity contribution in [3.8, 4) is 22.8 Å². The van der Waals surface area contributed by atoms with Gasteiger partial charge in [0.15, 0.2) is 11.0 Å². The lowest BCUT2D eigenvalue weighted by atomic mass is 10.0. The molecular formula is C30H27N5O2S. The van der Waals surface area contributed by atoms with Gasteiger partial charge in [-0.25, -0.2) is 5.43 Å². The summed E-state index contributed by atoms with van der Waals surface area (Å²) in [5.41, 5.74) is 6.22. The minimum atomic E-state index is -0.225. The van der Waals surface area contributed by atoms with E-state index in [1.54, 1.807) is 0 Å². The van der Waals surface area contributed by atoms with E-state index in [0.29, 0.717) is 17.6 Å². The Morgan fingerprint density at radius 2 is 1.66 bits per heavy atom. The van der Waals surface area contributed by atoms with E-state index in [1.165, 1.54) is 11.8 Å². The van der Waals surface area contributed by atoms with E-state index in [9.17, 15) is 4.79 Å². The van der Waals surface area contributed by atoms with Crippen LogP contribution in [0.4, 0.5) is 0 Å². The number of ether oxygens (including phenoxy) is 1. The largest absolute Gasteiger partial charge is 0.494 e. The summed E-state index contributed by atoms with van der Waals surface area (Å²) in [6, 6.07) is 31.8. The predicted molar refractivity (Wildman–Crippen MR) is 153 cm³/mol. The third-order valence-electron chi connectivity index (χ3n) is 5.93. The van der Waals surface area contributed by atoms with Crippen molar-refractivity contribution in [2.24, 2.45) is 5.10 Å². The molecule has 1 amide bonds. The molecule has 1 heterocycles. The molecule has 5 aromatic rings. The second kappa shape index (κ2) is 11.7. The zero-order valence-electron chi connectivity index (χ0n) is 21.2. The Morgan fingerprint density at radius 1 is 0.921 bits per heavy atom. The summed E-state index contributed by atoms with van der Waals surface area (Å²) in [5, 5.41) is 16.0. The van der Waals surface area contributed by atoms with Gasteiger partial charge in [-0.1, -0.05) is 84.6 Å². The maximum atomic E-state index is 12.7. The van der Waals surface area contributed by atoms with Crippen LogP contribution in [0, 0.1) is 0 Å². The van der Waals surface area contributed by atoms with Crippen LogP contribution in [-0.2, 0) is 4.79 Å². The highest BCUT2D eigenvalue weighted by Crippen LogP contribution is 2.29. The average molecular weight is 522 g/mol. The number of amides is 1. The zero-order valence-corrected chi connectivity index (χ0v) is 22.0. The van der Waals surface area contributed by atoms with Gasteiger partial charge in [-0.2, -0.15) is 5.10 Å². The Hall–Kier alpha value is -4.43. The van der Waals surface area contributed by atoms with Gasteiger partial charge in [0, 0.05) is 16.8 Å². The number of benzene rings is 4. The quantitative estimate of drug-likeness (QED) is 0.144. The highest BCUT2D eigenvalue weighted by molar-refractivity contribution is 7.99. The van der Waals surface area contributed by atoms with E-state index < -0.39 is 0 Å². The van der Waals surface area contributed by atoms with Crippen molar-refractivity contribution in [2.75, 3.05) is 12.4 Å². The lowest BCUT2D eigenvalue weighted by molar-refractivity contribution is -0.118. The molecule has 8 heteroatoms. The summed E-state index contributed by atoms with van der Waals surface area (Å²) < 4.78 is 7.55. The monoisotopic (exact) mass is 521 g/mol. The molecule has 0 saturated heterocycles. The van der Waals surface area contributed by atoms with Crippen molar-refractivity contribution < 1.29 is 9.53 Å². The SMILES string of the molecule is CCOc1ccc(-n2c(SCC(=O)N/N=C(/C)c3cccc4ccccc34)nnc2-c2ccccc2)cc1. The van der Waals surface area contributed by atoms with Crippen LogP contribution in [0.1, 0.15) is 19.4 Å². The van der Waals surface area contributed by atoms with Gasteiger partial charge in [-0.15, -0.1) is 10.2 Å². The van der Waals surface area contributed by atoms with E-state index >= 15 is 0 Å². The van der Waals surface area contributed by atoms with Crippen molar-refractivity contribution in [1.29, 1.82) is 0 Å². The van der Waals surface area contributed by atoms with E-state index in [0.717, 1.165) is 39.0 Å². The highest BCUT2D eigenvalue weighted by Gasteiger charge is 2.17. The summed E-state index contributed by atoms with van der Waals surface area (Å²) in [6.45, 7) is 4.44. The van der Waals surface area contributed by atoms with Crippen molar-refractivity contribution in [2.45, 2.75) is 19.0 Å². The van der Waals surface area contributed by atoms with Crippen molar-refractivity contribution in [1.82, 2.24) is 20.2 Å². The topological polar surface area (TPSA) is 81.4 Å². The second-order valence-corrected chi connectivity index (χ2v) is 9.42. The standard InChI is InChI=1S/C30H27N5O2S/c1-3-37-25-18-16-24(17-19-25)35-29(23-11-5-4-6-12-23)33-34-30(35)38-20-28(36)32-31-21(2)26-15-9-13-22-10-7-8-14-27(22)26/h4-19H,3,20H2,1-2H3,(H,32,36)/b31-21-. The van der Waals surface area contributed by atoms with Crippen LogP contribution < -0.4 is 10.2 Å². The summed E-state index contributed by atoms with van der Waals surface area (Å²) >= 11 is 1.31. The van der Waals surface area contributed by atoms with Crippen molar-refractivity contribution >= 4 is 34.2 Å². The molecule has 190 valence electrons. The molecule has 0 bridgehead atoms. The number of carbonyl (C=O) groups is 1. The number of nitrogens with zero attached hydrogens (tertiary/aromatic N) is 4. The molecule has 0 aliphatic carbocycles. The van der Waals surface area contributed by atoms with Gasteiger partial charge >= 0.3 is 0 Å². The van der Waals surface area contributed by atoms with E-state index in [4.69, 9.17) is 4.74 Å². The van der Waals surface area contributed by atoms with Gasteiger partial charge in [0.2, 0.25) is 0 Å². The summed E-state index contributed by atoms with van der Waals surface area (Å²) in [5.74, 6) is 1.40. The fourth-order valence-electron chi connectivity index (χ4n) is 4.14. The van der Waals surface area contributed by atoms with Gasteiger partial charge in [0.1, 0.15) is 5.75 Å². The normalized spacial score (nSPS) is 11.5. The van der Waals surface area contributed by atoms with Gasteiger partial charge in [0.05, 0.1) is 18.1 Å². The number of hydrazone groups is 1. The molecule has 0 aliphatic heterocycles. The fourth-order valence-corrected chi connectivity index (χ4v) is 4.88. The number of carbonyl (C=O) groups excluding carboxylic acids is 1. The number of aromatic nitrogens is 3. The van der Waals surface area contributed by atoms with E-state index in [2.05, 4.69) is 38.9 Å². The lowest BCUT2D eigenvalue weighted by Gasteiger charge is -2.11. The van der Waals surface area contributed by atoms with Crippen LogP contribution in [0.15, 0.2) is 107 Å². The number of fused-ring (bicyclic) bond motifs is 1. The minimum Gasteiger partial charge on any atom is -0.494 e. The van der Waals surface area contributed by atoms with E-state index in [-0.39, 0.29) is 11.7 Å². The fraction of sp³-hybridized carbons (Fsp3) is 0.133. The molecule has 0 atom stereocenters. The molecule has 0 radical (unpaired) electrons. The Morgan fingerprint density at radius 3 is 2.45 bits per heavy atom. The molecular weight excluding hydrogens is 494 g/mol. The molecule has 1 aromatic heterocycles. The highest BCUT2D eigenvalue weighted by atomic mass is 32.2. The third-order valence-corrected chi connectivity index (χ3v) is 6.86. The molecule has 0 fully saturated rings. The Kier molecular flexibility index (Phi) is 7.80. The summed E-state index contributed by atoms with van der Waals surface area (Å²) in [7, 11) is 0. The molecule has 1 N–H and O–H groups in total. The molecule has 0 spiro atoms. The molecule has 7 nitrogen and oxygen atoms in total. The van der Waals surface area contributed by atoms with Gasteiger partial charge in [-0.3, -0.25) is 9.36 Å². The average Bonchev–Trinajstić information content (AvgIpc) is 3.39. The first-order valence-electron chi connectivity index (χ1n) is 12.3. The van der Waals surface area contributed by atoms with Crippen LogP contribution in [0.25, 0.3) is 27.8 Å². The van der Waals surface area contributed by atoms with Crippen LogP contribution in [0.3, 0.4) is 0 Å². The molecule has 0 unspecified atom stereocenters. The molecule has 5 rings (SSSR count). The van der Waals surface area contributed by atoms with Gasteiger partial charge in [-0.05, 0) is 48.9 Å². The van der Waals surface area contributed by atoms with Crippen LogP contribution in [0.5, 0.6) is 5.75 Å². The first kappa shape index (κ1) is 25.2. The Balaban J connectivity index is 1.34. The van der Waals surface area contributed by atoms with Crippen LogP contribution in [-0.4, -0.2) is 38.7 Å². The summed E-state index contributed by atoms with van der Waals surface area (Å²) in [6.07, 6.45) is 0. The van der Waals surface area contributed by atoms with Crippen LogP contribution in [0.2, 0.25) is 0 Å². The minimum absolute atomic E-state index is 0.135. The lowest BCUT2D eigenvalue weighted by Crippen LogP contribution is -2.21. The third kappa shape index (κ3) is 5.60. The van der Waals surface area contributed by atoms with E-state index in [1.807, 2.05) is 97.3 Å². The maximum absolute atomic E-state index is 12.7. The van der Waals surface area contributed by atoms with Gasteiger partial charge in [0.25, 0.3) is 5.91 Å². The Bertz CT molecular complexity index is 1570. The molecule has 0 saturated carbocycles. The number of thioether (sulfide) groups is 1. The van der Waals surface area contributed by atoms with Gasteiger partial charge < -0.3 is 4.74 Å². The second-order valence-electron chi connectivity index (χ2n) is 8.48. The summed E-state index contributed by atoms with van der Waals surface area (Å²) in [4.78, 5) is 12.7. The first-order chi connectivity index (χ1) is 18.6. The van der Waals surface area contributed by atoms with Crippen molar-refractivity contribution in [3.05, 3.63) is 103 Å². The smallest absolute Gasteiger partial charge is 0.250 e. The van der Waals surface area contributed by atoms with Crippen molar-refractivity contribution in [3.63, 3.8) is 0 Å². The maximum Gasteiger partial charge on any atom is 0.250 e. The molecule has 38 heavy (non-hydrogen) atoms. The number of hydrogen-bond donors (Lipinski definition) is 1. The van der Waals surface area contributed by atoms with Crippen LogP contribution >= 0.6 is 11.8 Å². The molecule has 4 aromatic carbocycles. The number of nitrogens with one attached hydrogen (secondary N) is 1. The number of rotatable bonds is 9. The first-order valence-corrected chi connectivity index (χ1v) is 13.3. The predicted octanol–water partition coefficient (Wildman–Crippen LogP) is 6.12. The Labute approximate surface area is 225 Å². The molecule has 0 aliphatic rings.